The summed E-state index contributed by atoms with van der Waals surface area (Å²) in [5.74, 6) is 0.615. The molecule has 1 atom stereocenters. The van der Waals surface area contributed by atoms with E-state index >= 15 is 0 Å². The van der Waals surface area contributed by atoms with Gasteiger partial charge in [-0.1, -0.05) is 13.8 Å². The Balaban J connectivity index is 2.05. The molecule has 0 radical (unpaired) electrons. The van der Waals surface area contributed by atoms with Crippen molar-refractivity contribution < 1.29 is 9.13 Å². The van der Waals surface area contributed by atoms with Gasteiger partial charge >= 0.3 is 0 Å². The normalized spacial score (nSPS) is 18.9. The van der Waals surface area contributed by atoms with E-state index in [1.807, 2.05) is 0 Å². The first-order valence-corrected chi connectivity index (χ1v) is 6.30. The van der Waals surface area contributed by atoms with Crippen molar-refractivity contribution in [2.24, 2.45) is 5.73 Å². The minimum Gasteiger partial charge on any atom is -0.490 e. The topological polar surface area (TPSA) is 35.2 Å². The third kappa shape index (κ3) is 2.60. The third-order valence-electron chi connectivity index (χ3n) is 3.81. The van der Waals surface area contributed by atoms with Crippen molar-refractivity contribution in [3.8, 4) is 5.75 Å². The monoisotopic (exact) mass is 237 g/mol. The lowest BCUT2D eigenvalue weighted by atomic mass is 9.87. The van der Waals surface area contributed by atoms with Gasteiger partial charge in [0.05, 0.1) is 0 Å². The van der Waals surface area contributed by atoms with Gasteiger partial charge in [0.1, 0.15) is 17.7 Å². The second-order valence-electron chi connectivity index (χ2n) is 4.97. The molecule has 0 saturated carbocycles. The van der Waals surface area contributed by atoms with Gasteiger partial charge in [0, 0.05) is 23.9 Å². The van der Waals surface area contributed by atoms with Crippen LogP contribution in [0, 0.1) is 5.82 Å². The molecule has 1 aliphatic heterocycles. The first-order valence-electron chi connectivity index (χ1n) is 6.30. The molecule has 1 aromatic rings. The zero-order valence-corrected chi connectivity index (χ0v) is 10.5. The second kappa shape index (κ2) is 4.65. The predicted molar refractivity (Wildman–Crippen MR) is 66.6 cm³/mol. The van der Waals surface area contributed by atoms with Crippen molar-refractivity contribution in [3.05, 3.63) is 29.6 Å². The fraction of sp³-hybridized carbons (Fsp3) is 0.571. The van der Waals surface area contributed by atoms with E-state index in [1.165, 1.54) is 6.07 Å². The van der Waals surface area contributed by atoms with E-state index in [2.05, 4.69) is 13.8 Å². The largest absolute Gasteiger partial charge is 0.490 e. The van der Waals surface area contributed by atoms with Crippen LogP contribution in [0.4, 0.5) is 4.39 Å². The summed E-state index contributed by atoms with van der Waals surface area (Å²) in [7, 11) is 0. The van der Waals surface area contributed by atoms with Crippen molar-refractivity contribution in [2.45, 2.75) is 51.2 Å². The van der Waals surface area contributed by atoms with Gasteiger partial charge in [-0.05, 0) is 31.0 Å². The van der Waals surface area contributed by atoms with Crippen LogP contribution in [-0.4, -0.2) is 11.6 Å². The summed E-state index contributed by atoms with van der Waals surface area (Å²) in [5, 5.41) is 0. The Morgan fingerprint density at radius 1 is 1.41 bits per heavy atom. The highest BCUT2D eigenvalue weighted by atomic mass is 19.1. The number of halogens is 1. The number of fused-ring (bicyclic) bond motifs is 1. The van der Waals surface area contributed by atoms with E-state index in [9.17, 15) is 4.39 Å². The van der Waals surface area contributed by atoms with E-state index in [1.54, 1.807) is 12.1 Å². The molecule has 1 unspecified atom stereocenters. The lowest BCUT2D eigenvalue weighted by molar-refractivity contribution is 0.173. The first kappa shape index (κ1) is 12.4. The fourth-order valence-electron chi connectivity index (χ4n) is 2.39. The Morgan fingerprint density at radius 2 is 2.12 bits per heavy atom. The Morgan fingerprint density at radius 3 is 2.76 bits per heavy atom. The van der Waals surface area contributed by atoms with Crippen LogP contribution in [0.2, 0.25) is 0 Å². The van der Waals surface area contributed by atoms with Crippen LogP contribution in [0.5, 0.6) is 5.75 Å². The minimum absolute atomic E-state index is 0.0942. The summed E-state index contributed by atoms with van der Waals surface area (Å²) >= 11 is 0. The number of ether oxygens (including phenoxy) is 1. The Hall–Kier alpha value is -1.09. The first-order chi connectivity index (χ1) is 8.06. The molecule has 94 valence electrons. The zero-order valence-electron chi connectivity index (χ0n) is 10.5. The SMILES string of the molecule is CCC(N)(CC)CC1Cc2cc(F)ccc2O1. The highest BCUT2D eigenvalue weighted by molar-refractivity contribution is 5.38. The lowest BCUT2D eigenvalue weighted by Gasteiger charge is -2.29. The molecular formula is C14H20FNO. The van der Waals surface area contributed by atoms with E-state index in [4.69, 9.17) is 10.5 Å². The number of rotatable bonds is 4. The van der Waals surface area contributed by atoms with Gasteiger partial charge in [0.15, 0.2) is 0 Å². The maximum absolute atomic E-state index is 13.1. The molecule has 2 nitrogen and oxygen atoms in total. The van der Waals surface area contributed by atoms with Crippen LogP contribution in [0.15, 0.2) is 18.2 Å². The molecule has 1 heterocycles. The van der Waals surface area contributed by atoms with Crippen molar-refractivity contribution in [3.63, 3.8) is 0 Å². The Labute approximate surface area is 102 Å². The molecule has 0 spiro atoms. The summed E-state index contributed by atoms with van der Waals surface area (Å²) in [5.41, 5.74) is 7.09. The van der Waals surface area contributed by atoms with E-state index in [-0.39, 0.29) is 17.5 Å². The van der Waals surface area contributed by atoms with Gasteiger partial charge in [-0.2, -0.15) is 0 Å². The highest BCUT2D eigenvalue weighted by Crippen LogP contribution is 2.33. The molecule has 3 heteroatoms. The van der Waals surface area contributed by atoms with Crippen LogP contribution in [0.3, 0.4) is 0 Å². The van der Waals surface area contributed by atoms with Crippen LogP contribution < -0.4 is 10.5 Å². The van der Waals surface area contributed by atoms with Crippen LogP contribution in [0.25, 0.3) is 0 Å². The molecule has 0 amide bonds. The maximum atomic E-state index is 13.1. The van der Waals surface area contributed by atoms with Gasteiger partial charge in [0.25, 0.3) is 0 Å². The number of hydrogen-bond donors (Lipinski definition) is 1. The molecule has 0 bridgehead atoms. The summed E-state index contributed by atoms with van der Waals surface area (Å²) in [6.45, 7) is 4.20. The van der Waals surface area contributed by atoms with Gasteiger partial charge in [0.2, 0.25) is 0 Å². The quantitative estimate of drug-likeness (QED) is 0.873. The predicted octanol–water partition coefficient (Wildman–Crippen LogP) is 3.04. The molecule has 2 N–H and O–H groups in total. The van der Waals surface area contributed by atoms with Crippen molar-refractivity contribution in [1.29, 1.82) is 0 Å². The van der Waals surface area contributed by atoms with Crippen molar-refractivity contribution >= 4 is 0 Å². The standard InChI is InChI=1S/C14H20FNO/c1-3-14(16,4-2)9-12-8-10-7-11(15)5-6-13(10)17-12/h5-7,12H,3-4,8-9,16H2,1-2H3. The smallest absolute Gasteiger partial charge is 0.123 e. The number of hydrogen-bond acceptors (Lipinski definition) is 2. The summed E-state index contributed by atoms with van der Waals surface area (Å²) in [4.78, 5) is 0. The van der Waals surface area contributed by atoms with Gasteiger partial charge in [-0.25, -0.2) is 4.39 Å². The number of benzene rings is 1. The van der Waals surface area contributed by atoms with Gasteiger partial charge in [-0.15, -0.1) is 0 Å². The average Bonchev–Trinajstić information content (AvgIpc) is 2.70. The Kier molecular flexibility index (Phi) is 3.38. The fourth-order valence-corrected chi connectivity index (χ4v) is 2.39. The molecule has 1 aromatic carbocycles. The molecule has 0 saturated heterocycles. The third-order valence-corrected chi connectivity index (χ3v) is 3.81. The summed E-state index contributed by atoms with van der Waals surface area (Å²) in [6.07, 6.45) is 3.57. The summed E-state index contributed by atoms with van der Waals surface area (Å²) in [6, 6.07) is 4.71. The van der Waals surface area contributed by atoms with E-state index in [0.717, 1.165) is 37.0 Å². The van der Waals surface area contributed by atoms with Crippen LogP contribution in [0.1, 0.15) is 38.7 Å². The molecule has 2 rings (SSSR count). The summed E-state index contributed by atoms with van der Waals surface area (Å²) < 4.78 is 18.9. The number of nitrogens with two attached hydrogens (primary N) is 1. The van der Waals surface area contributed by atoms with Crippen molar-refractivity contribution in [2.75, 3.05) is 0 Å². The maximum Gasteiger partial charge on any atom is 0.123 e. The molecule has 1 aliphatic rings. The minimum atomic E-state index is -0.196. The van der Waals surface area contributed by atoms with Gasteiger partial charge in [-0.3, -0.25) is 0 Å². The van der Waals surface area contributed by atoms with E-state index in [0.29, 0.717) is 0 Å². The molecule has 0 aromatic heterocycles. The molecule has 0 fully saturated rings. The Bertz CT molecular complexity index is 401. The van der Waals surface area contributed by atoms with Crippen LogP contribution >= 0.6 is 0 Å². The van der Waals surface area contributed by atoms with E-state index < -0.39 is 0 Å². The molecule has 17 heavy (non-hydrogen) atoms. The second-order valence-corrected chi connectivity index (χ2v) is 4.97. The lowest BCUT2D eigenvalue weighted by Crippen LogP contribution is -2.42. The molecule has 0 aliphatic carbocycles. The van der Waals surface area contributed by atoms with Gasteiger partial charge < -0.3 is 10.5 Å². The zero-order chi connectivity index (χ0) is 12.5. The van der Waals surface area contributed by atoms with Crippen LogP contribution in [-0.2, 0) is 6.42 Å². The van der Waals surface area contributed by atoms with Crippen molar-refractivity contribution in [1.82, 2.24) is 0 Å². The molecular weight excluding hydrogens is 217 g/mol. The highest BCUT2D eigenvalue weighted by Gasteiger charge is 2.31. The average molecular weight is 237 g/mol.